The Morgan fingerprint density at radius 3 is 2.54 bits per heavy atom. The average molecular weight is 401 g/mol. The fourth-order valence-electron chi connectivity index (χ4n) is 4.80. The van der Waals surface area contributed by atoms with E-state index in [4.69, 9.17) is 21.1 Å². The minimum Gasteiger partial charge on any atom is -0.496 e. The molecule has 4 nitrogen and oxygen atoms in total. The smallest absolute Gasteiger partial charge is 0.139 e. The molecule has 5 heteroatoms. The number of methoxy groups -OCH3 is 2. The normalized spacial score (nSPS) is 22.6. The van der Waals surface area contributed by atoms with E-state index >= 15 is 0 Å². The van der Waals surface area contributed by atoms with Crippen LogP contribution < -0.4 is 14.4 Å². The molecule has 0 unspecified atom stereocenters. The van der Waals surface area contributed by atoms with Crippen LogP contribution in [-0.4, -0.2) is 44.8 Å². The van der Waals surface area contributed by atoms with Crippen molar-refractivity contribution in [2.45, 2.75) is 38.3 Å². The minimum atomic E-state index is 0.505. The quantitative estimate of drug-likeness (QED) is 0.714. The summed E-state index contributed by atoms with van der Waals surface area (Å²) in [5.41, 5.74) is 3.84. The van der Waals surface area contributed by atoms with E-state index in [1.807, 2.05) is 6.07 Å². The van der Waals surface area contributed by atoms with Crippen molar-refractivity contribution in [1.82, 2.24) is 4.90 Å². The molecule has 0 amide bonds. The molecule has 0 spiro atoms. The van der Waals surface area contributed by atoms with Crippen LogP contribution in [0.15, 0.2) is 36.4 Å². The van der Waals surface area contributed by atoms with Crippen molar-refractivity contribution in [3.8, 4) is 11.5 Å². The highest BCUT2D eigenvalue weighted by molar-refractivity contribution is 6.32. The lowest BCUT2D eigenvalue weighted by molar-refractivity contribution is 0.0716. The number of ether oxygens (including phenoxy) is 2. The standard InChI is InChI=1S/C23H29ClN2O2/c1-16-13-17(7-10-22(16)27-2)21-6-4-5-19-15-25(11-12-26(19)21)18-8-9-20(24)23(14-18)28-3/h7-10,13-14,19,21H,4-6,11-12,15H2,1-3H3/t19-,21+/m0/s1. The first-order valence-electron chi connectivity index (χ1n) is 10.1. The first kappa shape index (κ1) is 19.4. The molecular weight excluding hydrogens is 372 g/mol. The molecule has 2 aromatic rings. The molecule has 4 rings (SSSR count). The van der Waals surface area contributed by atoms with Gasteiger partial charge in [0.15, 0.2) is 0 Å². The number of aryl methyl sites for hydroxylation is 1. The van der Waals surface area contributed by atoms with Crippen LogP contribution in [0, 0.1) is 6.92 Å². The predicted octanol–water partition coefficient (Wildman–Crippen LogP) is 5.08. The fraction of sp³-hybridized carbons (Fsp3) is 0.478. The maximum Gasteiger partial charge on any atom is 0.139 e. The van der Waals surface area contributed by atoms with Gasteiger partial charge in [-0.2, -0.15) is 0 Å². The van der Waals surface area contributed by atoms with Gasteiger partial charge in [0.05, 0.1) is 19.2 Å². The van der Waals surface area contributed by atoms with E-state index in [9.17, 15) is 0 Å². The zero-order chi connectivity index (χ0) is 19.7. The van der Waals surface area contributed by atoms with Gasteiger partial charge in [0.2, 0.25) is 0 Å². The maximum atomic E-state index is 6.21. The van der Waals surface area contributed by atoms with Crippen molar-refractivity contribution in [2.24, 2.45) is 0 Å². The summed E-state index contributed by atoms with van der Waals surface area (Å²) in [5, 5.41) is 0.664. The van der Waals surface area contributed by atoms with E-state index in [-0.39, 0.29) is 0 Å². The first-order valence-corrected chi connectivity index (χ1v) is 10.5. The van der Waals surface area contributed by atoms with E-state index in [0.717, 1.165) is 31.1 Å². The number of piperazine rings is 1. The lowest BCUT2D eigenvalue weighted by Gasteiger charge is -2.49. The van der Waals surface area contributed by atoms with Gasteiger partial charge in [-0.05, 0) is 55.5 Å². The Morgan fingerprint density at radius 2 is 1.79 bits per heavy atom. The van der Waals surface area contributed by atoms with Crippen LogP contribution in [0.4, 0.5) is 5.69 Å². The third-order valence-electron chi connectivity index (χ3n) is 6.25. The summed E-state index contributed by atoms with van der Waals surface area (Å²) in [6.07, 6.45) is 3.76. The summed E-state index contributed by atoms with van der Waals surface area (Å²) in [5.74, 6) is 1.72. The van der Waals surface area contributed by atoms with Crippen molar-refractivity contribution in [3.05, 3.63) is 52.5 Å². The number of nitrogens with zero attached hydrogens (tertiary/aromatic N) is 2. The topological polar surface area (TPSA) is 24.9 Å². The Balaban J connectivity index is 1.52. The van der Waals surface area contributed by atoms with E-state index in [1.165, 1.54) is 36.1 Å². The van der Waals surface area contributed by atoms with Crippen molar-refractivity contribution in [1.29, 1.82) is 0 Å². The third-order valence-corrected chi connectivity index (χ3v) is 6.56. The summed E-state index contributed by atoms with van der Waals surface area (Å²) in [6.45, 7) is 5.28. The Bertz CT molecular complexity index is 841. The molecule has 0 N–H and O–H groups in total. The summed E-state index contributed by atoms with van der Waals surface area (Å²) >= 11 is 6.21. The van der Waals surface area contributed by atoms with Gasteiger partial charge in [0.1, 0.15) is 11.5 Å². The Kier molecular flexibility index (Phi) is 5.70. The van der Waals surface area contributed by atoms with Gasteiger partial charge < -0.3 is 14.4 Å². The number of piperidine rings is 1. The molecule has 2 aromatic carbocycles. The van der Waals surface area contributed by atoms with E-state index in [0.29, 0.717) is 17.1 Å². The zero-order valence-corrected chi connectivity index (χ0v) is 17.7. The van der Waals surface area contributed by atoms with Gasteiger partial charge in [-0.15, -0.1) is 0 Å². The molecule has 2 fully saturated rings. The fourth-order valence-corrected chi connectivity index (χ4v) is 4.99. The SMILES string of the molecule is COc1ccc([C@H]2CCC[C@H]3CN(c4ccc(Cl)c(OC)c4)CCN32)cc1C. The summed E-state index contributed by atoms with van der Waals surface area (Å²) in [7, 11) is 3.41. The molecule has 0 bridgehead atoms. The number of benzene rings is 2. The van der Waals surface area contributed by atoms with Crippen molar-refractivity contribution in [3.63, 3.8) is 0 Å². The Morgan fingerprint density at radius 1 is 0.964 bits per heavy atom. The number of fused-ring (bicyclic) bond motifs is 1. The van der Waals surface area contributed by atoms with Crippen LogP contribution in [0.5, 0.6) is 11.5 Å². The predicted molar refractivity (Wildman–Crippen MR) is 115 cm³/mol. The molecule has 0 aliphatic carbocycles. The molecule has 0 aromatic heterocycles. The summed E-state index contributed by atoms with van der Waals surface area (Å²) in [6, 6.07) is 13.9. The van der Waals surface area contributed by atoms with Crippen LogP contribution in [-0.2, 0) is 0 Å². The van der Waals surface area contributed by atoms with E-state index < -0.39 is 0 Å². The third kappa shape index (κ3) is 3.68. The second kappa shape index (κ2) is 8.22. The monoisotopic (exact) mass is 400 g/mol. The highest BCUT2D eigenvalue weighted by atomic mass is 35.5. The number of hydrogen-bond donors (Lipinski definition) is 0. The van der Waals surface area contributed by atoms with Gasteiger partial charge in [-0.1, -0.05) is 23.7 Å². The first-order chi connectivity index (χ1) is 13.6. The highest BCUT2D eigenvalue weighted by Crippen LogP contribution is 2.39. The Labute approximate surface area is 173 Å². The molecule has 2 heterocycles. The van der Waals surface area contributed by atoms with Crippen LogP contribution in [0.2, 0.25) is 5.02 Å². The second-order valence-corrected chi connectivity index (χ2v) is 8.24. The van der Waals surface area contributed by atoms with Gasteiger partial charge in [0, 0.05) is 43.5 Å². The van der Waals surface area contributed by atoms with Gasteiger partial charge in [-0.3, -0.25) is 4.90 Å². The van der Waals surface area contributed by atoms with Gasteiger partial charge >= 0.3 is 0 Å². The van der Waals surface area contributed by atoms with Crippen LogP contribution in [0.25, 0.3) is 0 Å². The molecule has 150 valence electrons. The lowest BCUT2D eigenvalue weighted by atomic mass is 9.88. The minimum absolute atomic E-state index is 0.505. The molecule has 0 radical (unpaired) electrons. The average Bonchev–Trinajstić information content (AvgIpc) is 2.73. The molecule has 0 saturated carbocycles. The molecule has 2 aliphatic heterocycles. The number of halogens is 1. The highest BCUT2D eigenvalue weighted by Gasteiger charge is 2.35. The molecule has 2 atom stereocenters. The zero-order valence-electron chi connectivity index (χ0n) is 17.0. The number of anilines is 1. The van der Waals surface area contributed by atoms with E-state index in [1.54, 1.807) is 14.2 Å². The summed E-state index contributed by atoms with van der Waals surface area (Å²) in [4.78, 5) is 5.19. The van der Waals surface area contributed by atoms with Crippen molar-refractivity contribution >= 4 is 17.3 Å². The maximum absolute atomic E-state index is 6.21. The molecular formula is C23H29ClN2O2. The van der Waals surface area contributed by atoms with Gasteiger partial charge in [0.25, 0.3) is 0 Å². The van der Waals surface area contributed by atoms with Crippen LogP contribution in [0.3, 0.4) is 0 Å². The van der Waals surface area contributed by atoms with E-state index in [2.05, 4.69) is 47.1 Å². The van der Waals surface area contributed by atoms with Crippen molar-refractivity contribution in [2.75, 3.05) is 38.8 Å². The molecule has 28 heavy (non-hydrogen) atoms. The molecule has 2 saturated heterocycles. The lowest BCUT2D eigenvalue weighted by Crippen LogP contribution is -2.55. The molecule has 2 aliphatic rings. The van der Waals surface area contributed by atoms with Crippen LogP contribution >= 0.6 is 11.6 Å². The van der Waals surface area contributed by atoms with Crippen molar-refractivity contribution < 1.29 is 9.47 Å². The summed E-state index contributed by atoms with van der Waals surface area (Å²) < 4.78 is 10.9. The number of rotatable bonds is 4. The number of hydrogen-bond acceptors (Lipinski definition) is 4. The van der Waals surface area contributed by atoms with Gasteiger partial charge in [-0.25, -0.2) is 0 Å². The van der Waals surface area contributed by atoms with Crippen LogP contribution in [0.1, 0.15) is 36.4 Å². The largest absolute Gasteiger partial charge is 0.496 e. The second-order valence-electron chi connectivity index (χ2n) is 7.83. The Hall–Kier alpha value is -1.91.